The molecule has 1 N–H and O–H groups in total. The molecule has 1 aliphatic heterocycles. The van der Waals surface area contributed by atoms with Gasteiger partial charge in [0, 0.05) is 19.5 Å². The lowest BCUT2D eigenvalue weighted by molar-refractivity contribution is -0.143. The molecule has 9 nitrogen and oxygen atoms in total. The van der Waals surface area contributed by atoms with Crippen LogP contribution in [-0.2, 0) is 28.6 Å². The van der Waals surface area contributed by atoms with Gasteiger partial charge in [-0.1, -0.05) is 40.5 Å². The number of nitrogens with zero attached hydrogens (tertiary/aromatic N) is 2. The van der Waals surface area contributed by atoms with Crippen molar-refractivity contribution in [3.63, 3.8) is 0 Å². The van der Waals surface area contributed by atoms with Crippen LogP contribution in [0.25, 0.3) is 0 Å². The molecule has 0 spiro atoms. The Kier molecular flexibility index (Phi) is 16.1. The van der Waals surface area contributed by atoms with E-state index >= 15 is 0 Å². The van der Waals surface area contributed by atoms with Crippen LogP contribution in [0, 0.1) is 5.41 Å². The van der Waals surface area contributed by atoms with E-state index < -0.39 is 11.5 Å². The number of hydrogen-bond acceptors (Lipinski definition) is 7. The van der Waals surface area contributed by atoms with E-state index in [0.717, 1.165) is 19.5 Å². The number of carbonyl (C=O) groups excluding carboxylic acids is 3. The average Bonchev–Trinajstić information content (AvgIpc) is 3.30. The number of nitrogens with one attached hydrogen (secondary N) is 1. The summed E-state index contributed by atoms with van der Waals surface area (Å²) in [6.45, 7) is 14.9. The number of ether oxygens (including phenoxy) is 3. The third-order valence-corrected chi connectivity index (χ3v) is 6.40. The Hall–Kier alpha value is -1.55. The first-order valence-corrected chi connectivity index (χ1v) is 13.6. The van der Waals surface area contributed by atoms with Crippen molar-refractivity contribution >= 4 is 17.6 Å². The standard InChI is InChI=1S/C27H51N3O6/c1-7-8-9-13-29(6)15-17-35-19-21-36-20-18-34-16-12-24(32)28-25(27(3,4)5)26(33)30-14-10-11-23(30)22(2)31/h23,25H,7-21H2,1-6H3,(H,28,32). The third-order valence-electron chi connectivity index (χ3n) is 6.40. The number of Topliss-reactive ketones (excluding diaryl/α,β-unsaturated/α-hetero) is 1. The van der Waals surface area contributed by atoms with Crippen molar-refractivity contribution in [3.05, 3.63) is 0 Å². The first-order valence-electron chi connectivity index (χ1n) is 13.6. The van der Waals surface area contributed by atoms with E-state index in [4.69, 9.17) is 14.2 Å². The Morgan fingerprint density at radius 1 is 0.972 bits per heavy atom. The summed E-state index contributed by atoms with van der Waals surface area (Å²) in [6.07, 6.45) is 5.38. The minimum Gasteiger partial charge on any atom is -0.379 e. The summed E-state index contributed by atoms with van der Waals surface area (Å²) >= 11 is 0. The molecule has 1 heterocycles. The van der Waals surface area contributed by atoms with Gasteiger partial charge in [-0.3, -0.25) is 14.4 Å². The summed E-state index contributed by atoms with van der Waals surface area (Å²) < 4.78 is 16.6. The van der Waals surface area contributed by atoms with Crippen LogP contribution >= 0.6 is 0 Å². The second-order valence-corrected chi connectivity index (χ2v) is 10.8. The van der Waals surface area contributed by atoms with Crippen molar-refractivity contribution < 1.29 is 28.6 Å². The van der Waals surface area contributed by atoms with Gasteiger partial charge in [-0.05, 0) is 45.2 Å². The van der Waals surface area contributed by atoms with E-state index in [2.05, 4.69) is 24.2 Å². The van der Waals surface area contributed by atoms with Crippen molar-refractivity contribution in [2.24, 2.45) is 5.41 Å². The number of ketones is 1. The molecular weight excluding hydrogens is 462 g/mol. The second kappa shape index (κ2) is 17.8. The van der Waals surface area contributed by atoms with Crippen LogP contribution in [0.15, 0.2) is 0 Å². The van der Waals surface area contributed by atoms with E-state index in [0.29, 0.717) is 46.0 Å². The van der Waals surface area contributed by atoms with Gasteiger partial charge in [0.25, 0.3) is 0 Å². The van der Waals surface area contributed by atoms with Crippen LogP contribution in [0.3, 0.4) is 0 Å². The van der Waals surface area contributed by atoms with Crippen molar-refractivity contribution in [1.82, 2.24) is 15.1 Å². The Morgan fingerprint density at radius 3 is 2.17 bits per heavy atom. The molecule has 0 saturated carbocycles. The van der Waals surface area contributed by atoms with Gasteiger partial charge in [0.15, 0.2) is 5.78 Å². The molecule has 2 amide bonds. The number of likely N-dealkylation sites (tertiary alicyclic amines) is 1. The van der Waals surface area contributed by atoms with Gasteiger partial charge in [0.2, 0.25) is 11.8 Å². The van der Waals surface area contributed by atoms with Gasteiger partial charge >= 0.3 is 0 Å². The Bertz CT molecular complexity index is 652. The Balaban J connectivity index is 2.17. The lowest BCUT2D eigenvalue weighted by Gasteiger charge is -2.35. The molecule has 1 fully saturated rings. The zero-order valence-corrected chi connectivity index (χ0v) is 23.6. The fraction of sp³-hybridized carbons (Fsp3) is 0.889. The maximum atomic E-state index is 13.2. The highest BCUT2D eigenvalue weighted by molar-refractivity contribution is 5.93. The van der Waals surface area contributed by atoms with Gasteiger partial charge < -0.3 is 29.3 Å². The van der Waals surface area contributed by atoms with Crippen molar-refractivity contribution in [1.29, 1.82) is 0 Å². The number of hydrogen-bond donors (Lipinski definition) is 1. The minimum absolute atomic E-state index is 0.00701. The maximum absolute atomic E-state index is 13.2. The summed E-state index contributed by atoms with van der Waals surface area (Å²) in [4.78, 5) is 41.5. The summed E-state index contributed by atoms with van der Waals surface area (Å²) in [5, 5.41) is 2.87. The molecule has 0 aromatic heterocycles. The zero-order valence-electron chi connectivity index (χ0n) is 23.6. The largest absolute Gasteiger partial charge is 0.379 e. The van der Waals surface area contributed by atoms with E-state index in [9.17, 15) is 14.4 Å². The number of rotatable bonds is 19. The van der Waals surface area contributed by atoms with E-state index in [1.165, 1.54) is 26.2 Å². The fourth-order valence-electron chi connectivity index (χ4n) is 4.17. The third kappa shape index (κ3) is 13.1. The summed E-state index contributed by atoms with van der Waals surface area (Å²) in [5.41, 5.74) is -0.474. The summed E-state index contributed by atoms with van der Waals surface area (Å²) in [5.74, 6) is -0.434. The zero-order chi connectivity index (χ0) is 27.0. The van der Waals surface area contributed by atoms with Gasteiger partial charge in [-0.2, -0.15) is 0 Å². The van der Waals surface area contributed by atoms with Crippen molar-refractivity contribution in [2.75, 3.05) is 66.3 Å². The lowest BCUT2D eigenvalue weighted by atomic mass is 9.85. The maximum Gasteiger partial charge on any atom is 0.246 e. The van der Waals surface area contributed by atoms with Gasteiger partial charge in [-0.15, -0.1) is 0 Å². The minimum atomic E-state index is -0.690. The molecule has 36 heavy (non-hydrogen) atoms. The topological polar surface area (TPSA) is 97.4 Å². The molecule has 2 unspecified atom stereocenters. The van der Waals surface area contributed by atoms with E-state index in [-0.39, 0.29) is 36.7 Å². The molecule has 210 valence electrons. The predicted molar refractivity (Wildman–Crippen MR) is 141 cm³/mol. The van der Waals surface area contributed by atoms with Crippen LogP contribution in [0.2, 0.25) is 0 Å². The molecule has 1 aliphatic rings. The highest BCUT2D eigenvalue weighted by Gasteiger charge is 2.40. The molecule has 0 bridgehead atoms. The Morgan fingerprint density at radius 2 is 1.58 bits per heavy atom. The van der Waals surface area contributed by atoms with Gasteiger partial charge in [0.05, 0.1) is 45.7 Å². The molecule has 1 saturated heterocycles. The number of unbranched alkanes of at least 4 members (excludes halogenated alkanes) is 2. The van der Waals surface area contributed by atoms with Gasteiger partial charge in [0.1, 0.15) is 6.04 Å². The van der Waals surface area contributed by atoms with Crippen LogP contribution in [0.5, 0.6) is 0 Å². The summed E-state index contributed by atoms with van der Waals surface area (Å²) in [7, 11) is 2.12. The van der Waals surface area contributed by atoms with Crippen molar-refractivity contribution in [3.8, 4) is 0 Å². The molecule has 0 aliphatic carbocycles. The van der Waals surface area contributed by atoms with Crippen LogP contribution in [0.1, 0.15) is 73.1 Å². The molecular formula is C27H51N3O6. The highest BCUT2D eigenvalue weighted by atomic mass is 16.5. The van der Waals surface area contributed by atoms with Gasteiger partial charge in [-0.25, -0.2) is 0 Å². The van der Waals surface area contributed by atoms with Crippen LogP contribution < -0.4 is 5.32 Å². The molecule has 0 radical (unpaired) electrons. The first-order chi connectivity index (χ1) is 17.1. The lowest BCUT2D eigenvalue weighted by Crippen LogP contribution is -2.56. The number of amides is 2. The predicted octanol–water partition coefficient (Wildman–Crippen LogP) is 2.66. The smallest absolute Gasteiger partial charge is 0.246 e. The number of carbonyl (C=O) groups is 3. The fourth-order valence-corrected chi connectivity index (χ4v) is 4.17. The molecule has 9 heteroatoms. The monoisotopic (exact) mass is 513 g/mol. The van der Waals surface area contributed by atoms with Crippen LogP contribution in [-0.4, -0.2) is 106 Å². The molecule has 1 rings (SSSR count). The quantitative estimate of drug-likeness (QED) is 0.265. The normalized spacial score (nSPS) is 17.0. The van der Waals surface area contributed by atoms with E-state index in [1.807, 2.05) is 20.8 Å². The average molecular weight is 514 g/mol. The molecule has 0 aromatic carbocycles. The molecule has 0 aromatic rings. The van der Waals surface area contributed by atoms with E-state index in [1.54, 1.807) is 4.90 Å². The first kappa shape index (κ1) is 32.5. The SMILES string of the molecule is CCCCCN(C)CCOCCOCCOCCC(=O)NC(C(=O)N1CCCC1C(C)=O)C(C)(C)C. The van der Waals surface area contributed by atoms with Crippen molar-refractivity contribution in [2.45, 2.75) is 85.2 Å². The van der Waals surface area contributed by atoms with Crippen LogP contribution in [0.4, 0.5) is 0 Å². The summed E-state index contributed by atoms with van der Waals surface area (Å²) in [6, 6.07) is -1.07. The number of likely N-dealkylation sites (N-methyl/N-ethyl adjacent to an activating group) is 1. The second-order valence-electron chi connectivity index (χ2n) is 10.8. The Labute approximate surface area is 218 Å². The molecule has 2 atom stereocenters. The highest BCUT2D eigenvalue weighted by Crippen LogP contribution is 2.26.